The molecule has 0 N–H and O–H groups in total. The number of aromatic nitrogens is 2. The van der Waals surface area contributed by atoms with E-state index in [1.165, 1.54) is 22.3 Å². The molecular weight excluding hydrogens is 709 g/mol. The molecule has 0 atom stereocenters. The summed E-state index contributed by atoms with van der Waals surface area (Å²) in [6.45, 7) is 8.19. The fourth-order valence-electron chi connectivity index (χ4n) is 7.50. The number of allylic oxidation sites excluding steroid dienone is 10. The number of hydrogen-bond donors (Lipinski definition) is 0. The molecule has 0 bridgehead atoms. The van der Waals surface area contributed by atoms with Gasteiger partial charge in [0.1, 0.15) is 22.2 Å². The zero-order chi connectivity index (χ0) is 39.3. The van der Waals surface area contributed by atoms with Crippen LogP contribution in [0.5, 0.6) is 0 Å². The summed E-state index contributed by atoms with van der Waals surface area (Å²) in [4.78, 5) is 9.09. The summed E-state index contributed by atoms with van der Waals surface area (Å²) in [6, 6.07) is 46.4. The van der Waals surface area contributed by atoms with Crippen molar-refractivity contribution in [2.24, 2.45) is 0 Å². The van der Waals surface area contributed by atoms with Gasteiger partial charge in [0.25, 0.3) is 0 Å². The van der Waals surface area contributed by atoms with E-state index in [1.807, 2.05) is 54.7 Å². The minimum Gasteiger partial charge on any atom is -0.454 e. The number of fused-ring (bicyclic) bond motifs is 6. The van der Waals surface area contributed by atoms with Gasteiger partial charge in [-0.1, -0.05) is 141 Å². The average molecular weight is 749 g/mol. The van der Waals surface area contributed by atoms with Crippen LogP contribution < -0.4 is 0 Å². The first kappa shape index (κ1) is 36.1. The van der Waals surface area contributed by atoms with Crippen molar-refractivity contribution in [3.8, 4) is 22.3 Å². The SMILES string of the molecule is C=C/C(=C\C=C/Cc1cccc(-c2cccc(-c3ccc4oc5cccnc5c4c3)c2)c1)c1cccc(C/C=C\C=C(/C=C)c2ccc3oc4cccnc4c3c2)c1. The predicted octanol–water partition coefficient (Wildman–Crippen LogP) is 14.3. The predicted molar refractivity (Wildman–Crippen MR) is 242 cm³/mol. The van der Waals surface area contributed by atoms with Gasteiger partial charge in [-0.2, -0.15) is 0 Å². The van der Waals surface area contributed by atoms with Crippen molar-refractivity contribution >= 4 is 55.3 Å². The van der Waals surface area contributed by atoms with E-state index in [4.69, 9.17) is 8.83 Å². The minimum atomic E-state index is 0.792. The summed E-state index contributed by atoms with van der Waals surface area (Å²) >= 11 is 0. The number of rotatable bonds is 12. The number of pyridine rings is 2. The quantitative estimate of drug-likeness (QED) is 0.117. The second-order valence-corrected chi connectivity index (χ2v) is 14.2. The van der Waals surface area contributed by atoms with Crippen LogP contribution in [0.1, 0.15) is 22.3 Å². The van der Waals surface area contributed by atoms with Crippen molar-refractivity contribution < 1.29 is 8.83 Å². The van der Waals surface area contributed by atoms with Gasteiger partial charge in [0, 0.05) is 23.2 Å². The highest BCUT2D eigenvalue weighted by atomic mass is 16.3. The van der Waals surface area contributed by atoms with Crippen molar-refractivity contribution in [3.05, 3.63) is 230 Å². The largest absolute Gasteiger partial charge is 0.454 e. The molecule has 58 heavy (non-hydrogen) atoms. The van der Waals surface area contributed by atoms with E-state index >= 15 is 0 Å². The number of hydrogen-bond acceptors (Lipinski definition) is 4. The Morgan fingerprint density at radius 2 is 0.983 bits per heavy atom. The smallest absolute Gasteiger partial charge is 0.153 e. The van der Waals surface area contributed by atoms with Gasteiger partial charge in [0.2, 0.25) is 0 Å². The summed E-state index contributed by atoms with van der Waals surface area (Å²) in [5.41, 5.74) is 16.5. The first-order valence-corrected chi connectivity index (χ1v) is 19.5. The monoisotopic (exact) mass is 748 g/mol. The zero-order valence-electron chi connectivity index (χ0n) is 32.0. The summed E-state index contributed by atoms with van der Waals surface area (Å²) in [6.07, 6.45) is 21.9. The maximum Gasteiger partial charge on any atom is 0.153 e. The molecule has 5 aromatic carbocycles. The Bertz CT molecular complexity index is 3110. The lowest BCUT2D eigenvalue weighted by atomic mass is 9.97. The molecule has 0 fully saturated rings. The molecule has 0 unspecified atom stereocenters. The summed E-state index contributed by atoms with van der Waals surface area (Å²) in [7, 11) is 0. The second-order valence-electron chi connectivity index (χ2n) is 14.2. The van der Waals surface area contributed by atoms with Gasteiger partial charge in [-0.05, 0) is 123 Å². The first-order valence-electron chi connectivity index (χ1n) is 19.5. The van der Waals surface area contributed by atoms with Gasteiger partial charge >= 0.3 is 0 Å². The third kappa shape index (κ3) is 7.52. The van der Waals surface area contributed by atoms with Crippen LogP contribution in [-0.4, -0.2) is 9.97 Å². The topological polar surface area (TPSA) is 52.1 Å². The van der Waals surface area contributed by atoms with Crippen LogP contribution in [0.2, 0.25) is 0 Å². The lowest BCUT2D eigenvalue weighted by Gasteiger charge is -2.08. The summed E-state index contributed by atoms with van der Waals surface area (Å²) in [5.74, 6) is 0. The van der Waals surface area contributed by atoms with Gasteiger partial charge < -0.3 is 8.83 Å². The second kappa shape index (κ2) is 16.3. The Labute approximate surface area is 337 Å². The standard InChI is InChI=1S/C54H40N2O2/c1-3-39(41-20-9-16-37(32-41)14-6-8-19-40(4-2)45-26-28-49-47(35-45)53-51(57-49)24-12-30-55-53)18-7-5-15-38-17-10-21-42(33-38)43-22-11-23-44(34-43)46-27-29-50-48(36-46)54-52(58-50)25-13-31-56-54/h3-13,16-36H,1-2,14-15H2/b7-5-,8-6-,39-18+,40-19+. The van der Waals surface area contributed by atoms with Crippen molar-refractivity contribution in [2.45, 2.75) is 12.8 Å². The molecule has 0 saturated heterocycles. The molecule has 0 aliphatic heterocycles. The van der Waals surface area contributed by atoms with Gasteiger partial charge in [-0.15, -0.1) is 0 Å². The molecule has 0 radical (unpaired) electrons. The maximum absolute atomic E-state index is 6.00. The Morgan fingerprint density at radius 3 is 1.62 bits per heavy atom. The van der Waals surface area contributed by atoms with Crippen LogP contribution in [0.4, 0.5) is 0 Å². The number of nitrogens with zero attached hydrogens (tertiary/aromatic N) is 2. The Hall–Kier alpha value is -7.56. The lowest BCUT2D eigenvalue weighted by Crippen LogP contribution is -1.86. The Balaban J connectivity index is 0.852. The van der Waals surface area contributed by atoms with Crippen LogP contribution in [0.15, 0.2) is 216 Å². The van der Waals surface area contributed by atoms with E-state index in [2.05, 4.69) is 157 Å². The van der Waals surface area contributed by atoms with Crippen LogP contribution in [0, 0.1) is 0 Å². The molecule has 9 rings (SSSR count). The van der Waals surface area contributed by atoms with Crippen molar-refractivity contribution in [2.75, 3.05) is 0 Å². The Kier molecular flexibility index (Phi) is 10.1. The van der Waals surface area contributed by atoms with Gasteiger partial charge in [-0.3, -0.25) is 9.97 Å². The van der Waals surface area contributed by atoms with Crippen molar-refractivity contribution in [1.29, 1.82) is 0 Å². The molecule has 4 heterocycles. The number of benzene rings is 5. The van der Waals surface area contributed by atoms with E-state index in [0.717, 1.165) is 90.4 Å². The summed E-state index contributed by atoms with van der Waals surface area (Å²) < 4.78 is 12.0. The van der Waals surface area contributed by atoms with E-state index in [9.17, 15) is 0 Å². The minimum absolute atomic E-state index is 0.792. The molecule has 4 heteroatoms. The highest BCUT2D eigenvalue weighted by Crippen LogP contribution is 2.34. The molecule has 4 nitrogen and oxygen atoms in total. The molecule has 0 aliphatic carbocycles. The van der Waals surface area contributed by atoms with Crippen LogP contribution in [-0.2, 0) is 12.8 Å². The average Bonchev–Trinajstić information content (AvgIpc) is 3.84. The van der Waals surface area contributed by atoms with E-state index in [0.29, 0.717) is 0 Å². The molecule has 0 aliphatic rings. The highest BCUT2D eigenvalue weighted by molar-refractivity contribution is 6.04. The number of furan rings is 2. The molecule has 0 spiro atoms. The zero-order valence-corrected chi connectivity index (χ0v) is 32.0. The van der Waals surface area contributed by atoms with Crippen molar-refractivity contribution in [3.63, 3.8) is 0 Å². The highest BCUT2D eigenvalue weighted by Gasteiger charge is 2.11. The normalized spacial score (nSPS) is 12.5. The molecule has 4 aromatic heterocycles. The molecular formula is C54H40N2O2. The van der Waals surface area contributed by atoms with E-state index in [1.54, 1.807) is 6.20 Å². The molecule has 278 valence electrons. The van der Waals surface area contributed by atoms with Crippen LogP contribution in [0.25, 0.3) is 77.5 Å². The van der Waals surface area contributed by atoms with Gasteiger partial charge in [0.05, 0.1) is 0 Å². The van der Waals surface area contributed by atoms with Gasteiger partial charge in [0.15, 0.2) is 11.2 Å². The third-order valence-corrected chi connectivity index (χ3v) is 10.5. The van der Waals surface area contributed by atoms with E-state index < -0.39 is 0 Å². The molecule has 0 amide bonds. The Morgan fingerprint density at radius 1 is 0.466 bits per heavy atom. The third-order valence-electron chi connectivity index (χ3n) is 10.5. The fourth-order valence-corrected chi connectivity index (χ4v) is 7.50. The molecule has 9 aromatic rings. The fraction of sp³-hybridized carbons (Fsp3) is 0.0370. The van der Waals surface area contributed by atoms with Gasteiger partial charge in [-0.25, -0.2) is 0 Å². The maximum atomic E-state index is 6.00. The molecule has 0 saturated carbocycles. The van der Waals surface area contributed by atoms with E-state index in [-0.39, 0.29) is 0 Å². The first-order chi connectivity index (χ1) is 28.6. The lowest BCUT2D eigenvalue weighted by molar-refractivity contribution is 0.668. The van der Waals surface area contributed by atoms with Crippen molar-refractivity contribution in [1.82, 2.24) is 9.97 Å². The van der Waals surface area contributed by atoms with Crippen LogP contribution in [0.3, 0.4) is 0 Å². The summed E-state index contributed by atoms with van der Waals surface area (Å²) in [5, 5.41) is 2.03. The van der Waals surface area contributed by atoms with Crippen LogP contribution >= 0.6 is 0 Å².